The van der Waals surface area contributed by atoms with Crippen LogP contribution in [-0.2, 0) is 16.0 Å². The van der Waals surface area contributed by atoms with Gasteiger partial charge in [-0.25, -0.2) is 0 Å². The van der Waals surface area contributed by atoms with Gasteiger partial charge in [0.05, 0.1) is 11.6 Å². The van der Waals surface area contributed by atoms with Crippen molar-refractivity contribution >= 4 is 23.2 Å². The highest BCUT2D eigenvalue weighted by molar-refractivity contribution is 5.93. The summed E-state index contributed by atoms with van der Waals surface area (Å²) >= 11 is 0. The van der Waals surface area contributed by atoms with Crippen LogP contribution >= 0.6 is 0 Å². The Morgan fingerprint density at radius 3 is 2.35 bits per heavy atom. The molecule has 3 rings (SSSR count). The number of nitrogens with one attached hydrogen (secondary N) is 4. The lowest BCUT2D eigenvalue weighted by molar-refractivity contribution is -1.01. The van der Waals surface area contributed by atoms with E-state index in [2.05, 4.69) is 23.6 Å². The molecule has 1 heterocycles. The molecule has 0 aromatic heterocycles. The van der Waals surface area contributed by atoms with Gasteiger partial charge in [0.2, 0.25) is 0 Å². The third-order valence-electron chi connectivity index (χ3n) is 5.97. The van der Waals surface area contributed by atoms with Crippen LogP contribution in [-0.4, -0.2) is 50.6 Å². The smallest absolute Gasteiger partial charge is 0.282 e. The van der Waals surface area contributed by atoms with E-state index in [-0.39, 0.29) is 17.9 Å². The monoisotopic (exact) mass is 421 g/mol. The lowest BCUT2D eigenvalue weighted by atomic mass is 10.1. The van der Waals surface area contributed by atoms with Crippen molar-refractivity contribution in [3.8, 4) is 6.07 Å². The van der Waals surface area contributed by atoms with Gasteiger partial charge in [-0.3, -0.25) is 9.59 Å². The number of para-hydroxylation sites is 1. The van der Waals surface area contributed by atoms with Crippen molar-refractivity contribution in [1.29, 1.82) is 5.26 Å². The summed E-state index contributed by atoms with van der Waals surface area (Å²) in [5, 5.41) is 14.9. The molecule has 0 saturated carbocycles. The normalized spacial score (nSPS) is 19.1. The molecule has 1 aliphatic heterocycles. The summed E-state index contributed by atoms with van der Waals surface area (Å²) in [7, 11) is 0. The van der Waals surface area contributed by atoms with Gasteiger partial charge in [0, 0.05) is 11.4 Å². The quantitative estimate of drug-likeness (QED) is 0.502. The van der Waals surface area contributed by atoms with Crippen molar-refractivity contribution < 1.29 is 19.4 Å². The van der Waals surface area contributed by atoms with Gasteiger partial charge in [-0.15, -0.1) is 0 Å². The summed E-state index contributed by atoms with van der Waals surface area (Å²) in [5.74, 6) is 0.00281. The van der Waals surface area contributed by atoms with Gasteiger partial charge < -0.3 is 20.4 Å². The van der Waals surface area contributed by atoms with E-state index >= 15 is 0 Å². The number of amides is 2. The number of carbonyl (C=O) groups excluding carboxylic acids is 2. The van der Waals surface area contributed by atoms with Crippen molar-refractivity contribution in [1.82, 2.24) is 0 Å². The molecule has 31 heavy (non-hydrogen) atoms. The minimum atomic E-state index is -0.178. The summed E-state index contributed by atoms with van der Waals surface area (Å²) in [6.45, 7) is 7.85. The Morgan fingerprint density at radius 2 is 1.71 bits per heavy atom. The number of quaternary nitrogens is 2. The zero-order valence-corrected chi connectivity index (χ0v) is 18.2. The molecule has 2 aromatic carbocycles. The fourth-order valence-corrected chi connectivity index (χ4v) is 3.97. The van der Waals surface area contributed by atoms with Crippen LogP contribution < -0.4 is 20.4 Å². The number of anilines is 2. The van der Waals surface area contributed by atoms with Gasteiger partial charge in [0.1, 0.15) is 26.2 Å². The molecule has 1 saturated heterocycles. The number of benzene rings is 2. The van der Waals surface area contributed by atoms with Crippen LogP contribution in [0, 0.1) is 11.3 Å². The summed E-state index contributed by atoms with van der Waals surface area (Å²) in [4.78, 5) is 27.6. The van der Waals surface area contributed by atoms with E-state index in [1.54, 1.807) is 24.3 Å². The Labute approximate surface area is 183 Å². The van der Waals surface area contributed by atoms with Gasteiger partial charge in [-0.05, 0) is 49.2 Å². The molecule has 1 aliphatic rings. The molecule has 1 atom stereocenters. The second-order valence-electron chi connectivity index (χ2n) is 8.04. The zero-order chi connectivity index (χ0) is 22.2. The highest BCUT2D eigenvalue weighted by Gasteiger charge is 2.31. The summed E-state index contributed by atoms with van der Waals surface area (Å²) in [6, 6.07) is 16.7. The van der Waals surface area contributed by atoms with Crippen LogP contribution in [0.3, 0.4) is 0 Å². The molecule has 7 heteroatoms. The predicted octanol–water partition coefficient (Wildman–Crippen LogP) is -0.130. The van der Waals surface area contributed by atoms with E-state index in [1.807, 2.05) is 31.2 Å². The maximum absolute atomic E-state index is 12.6. The SMILES string of the molecule is CCc1ccccc1NC(=O)C[NH+]1CC[NH+]([C@H](C)C(=O)Nc2ccc(C#N)cc2)CC1. The summed E-state index contributed by atoms with van der Waals surface area (Å²) in [6.07, 6.45) is 0.883. The molecule has 0 bridgehead atoms. The Morgan fingerprint density at radius 1 is 1.03 bits per heavy atom. The van der Waals surface area contributed by atoms with Crippen molar-refractivity contribution in [2.45, 2.75) is 26.3 Å². The summed E-state index contributed by atoms with van der Waals surface area (Å²) < 4.78 is 0. The summed E-state index contributed by atoms with van der Waals surface area (Å²) in [5.41, 5.74) is 3.30. The maximum atomic E-state index is 12.6. The molecule has 7 nitrogen and oxygen atoms in total. The first-order chi connectivity index (χ1) is 15.0. The van der Waals surface area contributed by atoms with E-state index in [9.17, 15) is 9.59 Å². The first-order valence-electron chi connectivity index (χ1n) is 10.9. The van der Waals surface area contributed by atoms with Crippen molar-refractivity contribution in [2.75, 3.05) is 43.4 Å². The molecule has 2 amide bonds. The number of aryl methyl sites for hydroxylation is 1. The fraction of sp³-hybridized carbons (Fsp3) is 0.375. The average molecular weight is 422 g/mol. The first-order valence-corrected chi connectivity index (χ1v) is 10.9. The molecular weight excluding hydrogens is 390 g/mol. The van der Waals surface area contributed by atoms with Gasteiger partial charge >= 0.3 is 0 Å². The van der Waals surface area contributed by atoms with Gasteiger partial charge in [0.25, 0.3) is 11.8 Å². The van der Waals surface area contributed by atoms with Crippen LogP contribution in [0.2, 0.25) is 0 Å². The number of piperazine rings is 1. The Balaban J connectivity index is 1.45. The van der Waals surface area contributed by atoms with Crippen LogP contribution in [0.1, 0.15) is 25.0 Å². The molecule has 0 aliphatic carbocycles. The minimum Gasteiger partial charge on any atom is -0.321 e. The third-order valence-corrected chi connectivity index (χ3v) is 5.97. The lowest BCUT2D eigenvalue weighted by Crippen LogP contribution is -3.30. The van der Waals surface area contributed by atoms with Crippen molar-refractivity contribution in [2.24, 2.45) is 0 Å². The second-order valence-corrected chi connectivity index (χ2v) is 8.04. The van der Waals surface area contributed by atoms with Gasteiger partial charge in [-0.2, -0.15) is 5.26 Å². The van der Waals surface area contributed by atoms with E-state index in [0.717, 1.165) is 43.9 Å². The van der Waals surface area contributed by atoms with Crippen LogP contribution in [0.15, 0.2) is 48.5 Å². The molecule has 1 fully saturated rings. The lowest BCUT2D eigenvalue weighted by Gasteiger charge is -2.32. The largest absolute Gasteiger partial charge is 0.321 e. The van der Waals surface area contributed by atoms with E-state index < -0.39 is 0 Å². The number of rotatable bonds is 7. The zero-order valence-electron chi connectivity index (χ0n) is 18.2. The molecule has 162 valence electrons. The standard InChI is InChI=1S/C24H29N5O2/c1-3-20-6-4-5-7-22(20)27-23(30)17-28-12-14-29(15-13-28)18(2)24(31)26-21-10-8-19(16-25)9-11-21/h4-11,18H,3,12-15,17H2,1-2H3,(H,26,31)(H,27,30)/p+2/t18-/m1/s1. The second kappa shape index (κ2) is 10.7. The highest BCUT2D eigenvalue weighted by Crippen LogP contribution is 2.14. The van der Waals surface area contributed by atoms with Gasteiger partial charge in [0.15, 0.2) is 12.6 Å². The van der Waals surface area contributed by atoms with Gasteiger partial charge in [-0.1, -0.05) is 25.1 Å². The molecule has 0 unspecified atom stereocenters. The van der Waals surface area contributed by atoms with Crippen LogP contribution in [0.5, 0.6) is 0 Å². The number of hydrogen-bond donors (Lipinski definition) is 4. The number of hydrogen-bond acceptors (Lipinski definition) is 3. The number of carbonyl (C=O) groups is 2. The minimum absolute atomic E-state index is 0.0305. The molecule has 0 spiro atoms. The van der Waals surface area contributed by atoms with Crippen LogP contribution in [0.4, 0.5) is 11.4 Å². The fourth-order valence-electron chi connectivity index (χ4n) is 3.97. The Kier molecular flexibility index (Phi) is 7.76. The molecule has 4 N–H and O–H groups in total. The van der Waals surface area contributed by atoms with Crippen LogP contribution in [0.25, 0.3) is 0 Å². The molecule has 2 aromatic rings. The number of nitriles is 1. The maximum Gasteiger partial charge on any atom is 0.282 e. The van der Waals surface area contributed by atoms with Crippen molar-refractivity contribution in [3.05, 3.63) is 59.7 Å². The Hall–Kier alpha value is -3.21. The molecule has 0 radical (unpaired) electrons. The van der Waals surface area contributed by atoms with Crippen molar-refractivity contribution in [3.63, 3.8) is 0 Å². The van der Waals surface area contributed by atoms with E-state index in [1.165, 1.54) is 9.80 Å². The Bertz CT molecular complexity index is 943. The average Bonchev–Trinajstić information content (AvgIpc) is 2.80. The highest BCUT2D eigenvalue weighted by atomic mass is 16.2. The topological polar surface area (TPSA) is 90.9 Å². The van der Waals surface area contributed by atoms with E-state index in [4.69, 9.17) is 5.26 Å². The number of nitrogens with zero attached hydrogens (tertiary/aromatic N) is 1. The third kappa shape index (κ3) is 6.14. The predicted molar refractivity (Wildman–Crippen MR) is 120 cm³/mol. The van der Waals surface area contributed by atoms with E-state index in [0.29, 0.717) is 17.8 Å². The first kappa shape index (κ1) is 22.5. The molecular formula is C24H31N5O2+2.